The van der Waals surface area contributed by atoms with Crippen LogP contribution in [-0.2, 0) is 16.1 Å². The molecule has 1 atom stereocenters. The molecule has 1 fully saturated rings. The fourth-order valence-electron chi connectivity index (χ4n) is 3.18. The highest BCUT2D eigenvalue weighted by atomic mass is 35.5. The van der Waals surface area contributed by atoms with Crippen LogP contribution in [0, 0.1) is 5.82 Å². The van der Waals surface area contributed by atoms with Gasteiger partial charge >= 0.3 is 5.97 Å². The van der Waals surface area contributed by atoms with Crippen molar-refractivity contribution in [2.45, 2.75) is 19.1 Å². The molecule has 164 valence electrons. The fraction of sp³-hybridized carbons (Fsp3) is 0.381. The lowest BCUT2D eigenvalue weighted by atomic mass is 10.1. The van der Waals surface area contributed by atoms with Gasteiger partial charge in [-0.2, -0.15) is 0 Å². The Balaban J connectivity index is 0.00000320. The molecule has 0 saturated carbocycles. The zero-order chi connectivity index (χ0) is 20.8. The smallest absolute Gasteiger partial charge is 0.304 e. The monoisotopic (exact) mass is 459 g/mol. The maximum absolute atomic E-state index is 13.9. The maximum atomic E-state index is 13.9. The van der Waals surface area contributed by atoms with Crippen LogP contribution < -0.4 is 9.47 Å². The van der Waals surface area contributed by atoms with Gasteiger partial charge in [-0.05, 0) is 29.8 Å². The van der Waals surface area contributed by atoms with E-state index in [-0.39, 0.29) is 37.1 Å². The third-order valence-electron chi connectivity index (χ3n) is 4.79. The number of carboxylic acid groups (broad SMARTS) is 1. The number of aliphatic carboxylic acids is 1. The van der Waals surface area contributed by atoms with Crippen molar-refractivity contribution in [3.63, 3.8) is 0 Å². The minimum Gasteiger partial charge on any atom is -0.493 e. The quantitative estimate of drug-likeness (QED) is 0.633. The summed E-state index contributed by atoms with van der Waals surface area (Å²) in [5.41, 5.74) is 1.18. The van der Waals surface area contributed by atoms with Gasteiger partial charge in [0.1, 0.15) is 12.4 Å². The van der Waals surface area contributed by atoms with E-state index in [0.29, 0.717) is 42.8 Å². The molecule has 6 nitrogen and oxygen atoms in total. The molecule has 1 aliphatic rings. The van der Waals surface area contributed by atoms with Gasteiger partial charge in [-0.1, -0.05) is 23.7 Å². The number of methoxy groups -OCH3 is 1. The molecule has 0 aliphatic carbocycles. The molecule has 30 heavy (non-hydrogen) atoms. The Morgan fingerprint density at radius 3 is 2.83 bits per heavy atom. The van der Waals surface area contributed by atoms with Crippen molar-refractivity contribution in [2.24, 2.45) is 0 Å². The van der Waals surface area contributed by atoms with Crippen LogP contribution in [0.1, 0.15) is 23.7 Å². The molecule has 1 saturated heterocycles. The number of ether oxygens (including phenoxy) is 3. The molecular formula is C21H24Cl2FNO5. The Hall–Kier alpha value is -2.06. The Morgan fingerprint density at radius 2 is 2.13 bits per heavy atom. The highest BCUT2D eigenvalue weighted by Gasteiger charge is 2.23. The Labute approximate surface area is 185 Å². The van der Waals surface area contributed by atoms with Crippen molar-refractivity contribution < 1.29 is 28.5 Å². The minimum absolute atomic E-state index is 0. The zero-order valence-corrected chi connectivity index (χ0v) is 18.0. The molecule has 2 aromatic rings. The lowest BCUT2D eigenvalue weighted by Gasteiger charge is -2.33. The van der Waals surface area contributed by atoms with E-state index in [1.807, 2.05) is 12.1 Å². The van der Waals surface area contributed by atoms with E-state index in [4.69, 9.17) is 30.9 Å². The van der Waals surface area contributed by atoms with E-state index in [9.17, 15) is 9.18 Å². The third kappa shape index (κ3) is 6.22. The van der Waals surface area contributed by atoms with E-state index in [1.165, 1.54) is 13.2 Å². The first-order valence-corrected chi connectivity index (χ1v) is 9.65. The van der Waals surface area contributed by atoms with Crippen molar-refractivity contribution >= 4 is 30.0 Å². The van der Waals surface area contributed by atoms with Gasteiger partial charge in [0.15, 0.2) is 11.5 Å². The molecule has 0 bridgehead atoms. The Kier molecular flexibility index (Phi) is 9.17. The number of hydrogen-bond acceptors (Lipinski definition) is 5. The molecule has 0 spiro atoms. The first-order valence-electron chi connectivity index (χ1n) is 9.27. The van der Waals surface area contributed by atoms with Gasteiger partial charge in [0, 0.05) is 25.2 Å². The molecular weight excluding hydrogens is 436 g/mol. The number of carbonyl (C=O) groups is 1. The molecule has 1 aliphatic heterocycles. The maximum Gasteiger partial charge on any atom is 0.304 e. The molecule has 0 aromatic heterocycles. The summed E-state index contributed by atoms with van der Waals surface area (Å²) in [7, 11) is 1.53. The van der Waals surface area contributed by atoms with Crippen LogP contribution in [0.5, 0.6) is 11.5 Å². The topological polar surface area (TPSA) is 68.2 Å². The standard InChI is InChI=1S/C21H23ClFNO5.ClH/c1-27-19-11-14(20-12-24(9-10-28-20)8-7-21(25)26)5-6-18(19)29-13-15-16(22)3-2-4-17(15)23;/h2-6,11,20H,7-10,12-13H2,1H3,(H,25,26);1H. The second-order valence-corrected chi connectivity index (χ2v) is 7.11. The normalized spacial score (nSPS) is 16.6. The predicted octanol–water partition coefficient (Wildman–Crippen LogP) is 4.34. The van der Waals surface area contributed by atoms with Crippen LogP contribution in [0.15, 0.2) is 36.4 Å². The summed E-state index contributed by atoms with van der Waals surface area (Å²) < 4.78 is 31.0. The second-order valence-electron chi connectivity index (χ2n) is 6.70. The number of carboxylic acids is 1. The van der Waals surface area contributed by atoms with Gasteiger partial charge in [-0.15, -0.1) is 12.4 Å². The molecule has 0 amide bonds. The third-order valence-corrected chi connectivity index (χ3v) is 5.14. The predicted molar refractivity (Wildman–Crippen MR) is 113 cm³/mol. The van der Waals surface area contributed by atoms with Crippen LogP contribution in [0.4, 0.5) is 4.39 Å². The number of halogens is 3. The average molecular weight is 460 g/mol. The van der Waals surface area contributed by atoms with Crippen molar-refractivity contribution in [3.8, 4) is 11.5 Å². The van der Waals surface area contributed by atoms with Crippen LogP contribution in [0.3, 0.4) is 0 Å². The lowest BCUT2D eigenvalue weighted by Crippen LogP contribution is -2.39. The summed E-state index contributed by atoms with van der Waals surface area (Å²) in [4.78, 5) is 12.9. The van der Waals surface area contributed by atoms with Gasteiger partial charge in [0.2, 0.25) is 0 Å². The molecule has 1 unspecified atom stereocenters. The van der Waals surface area contributed by atoms with Gasteiger partial charge < -0.3 is 19.3 Å². The summed E-state index contributed by atoms with van der Waals surface area (Å²) in [6.07, 6.45) is -0.0944. The highest BCUT2D eigenvalue weighted by molar-refractivity contribution is 6.31. The molecule has 9 heteroatoms. The van der Waals surface area contributed by atoms with Crippen molar-refractivity contribution in [1.82, 2.24) is 4.90 Å². The Bertz CT molecular complexity index is 847. The van der Waals surface area contributed by atoms with E-state index in [1.54, 1.807) is 18.2 Å². The van der Waals surface area contributed by atoms with Gasteiger partial charge in [0.25, 0.3) is 0 Å². The first kappa shape index (κ1) is 24.2. The fourth-order valence-corrected chi connectivity index (χ4v) is 3.40. The van der Waals surface area contributed by atoms with Gasteiger partial charge in [-0.3, -0.25) is 9.69 Å². The van der Waals surface area contributed by atoms with Crippen LogP contribution in [-0.4, -0.2) is 49.3 Å². The first-order chi connectivity index (χ1) is 14.0. The van der Waals surface area contributed by atoms with Crippen molar-refractivity contribution in [1.29, 1.82) is 0 Å². The van der Waals surface area contributed by atoms with Crippen molar-refractivity contribution in [2.75, 3.05) is 33.4 Å². The number of morpholine rings is 1. The van der Waals surface area contributed by atoms with Gasteiger partial charge in [0.05, 0.1) is 31.3 Å². The number of benzene rings is 2. The van der Waals surface area contributed by atoms with Crippen LogP contribution >= 0.6 is 24.0 Å². The Morgan fingerprint density at radius 1 is 1.33 bits per heavy atom. The lowest BCUT2D eigenvalue weighted by molar-refractivity contribution is -0.137. The van der Waals surface area contributed by atoms with Gasteiger partial charge in [-0.25, -0.2) is 4.39 Å². The molecule has 1 heterocycles. The zero-order valence-electron chi connectivity index (χ0n) is 16.5. The van der Waals surface area contributed by atoms with E-state index in [2.05, 4.69) is 4.90 Å². The average Bonchev–Trinajstić information content (AvgIpc) is 2.72. The molecule has 2 aromatic carbocycles. The minimum atomic E-state index is -0.814. The number of nitrogens with zero attached hydrogens (tertiary/aromatic N) is 1. The highest BCUT2D eigenvalue weighted by Crippen LogP contribution is 2.33. The summed E-state index contributed by atoms with van der Waals surface area (Å²) in [5, 5.41) is 9.18. The van der Waals surface area contributed by atoms with E-state index >= 15 is 0 Å². The van der Waals surface area contributed by atoms with Crippen LogP contribution in [0.2, 0.25) is 5.02 Å². The largest absolute Gasteiger partial charge is 0.493 e. The summed E-state index contributed by atoms with van der Waals surface area (Å²) >= 11 is 6.05. The summed E-state index contributed by atoms with van der Waals surface area (Å²) in [6, 6.07) is 9.93. The van der Waals surface area contributed by atoms with Crippen molar-refractivity contribution in [3.05, 3.63) is 58.4 Å². The van der Waals surface area contributed by atoms with E-state index < -0.39 is 11.8 Å². The molecule has 3 rings (SSSR count). The van der Waals surface area contributed by atoms with E-state index in [0.717, 1.165) is 5.56 Å². The molecule has 0 radical (unpaired) electrons. The van der Waals surface area contributed by atoms with Crippen LogP contribution in [0.25, 0.3) is 0 Å². The second kappa shape index (κ2) is 11.4. The number of hydrogen-bond donors (Lipinski definition) is 1. The summed E-state index contributed by atoms with van der Waals surface area (Å²) in [5.74, 6) is -0.272. The summed E-state index contributed by atoms with van der Waals surface area (Å²) in [6.45, 7) is 2.28. The molecule has 1 N–H and O–H groups in total. The SMILES string of the molecule is COc1cc(C2CN(CCC(=O)O)CCO2)ccc1OCc1c(F)cccc1Cl.Cl. The number of rotatable bonds is 8.